The first-order chi connectivity index (χ1) is 6.31. The highest BCUT2D eigenvalue weighted by Crippen LogP contribution is 2.07. The van der Waals surface area contributed by atoms with Crippen LogP contribution in [-0.2, 0) is 6.54 Å². The van der Waals surface area contributed by atoms with Gasteiger partial charge in [0.25, 0.3) is 0 Å². The Labute approximate surface area is 77.4 Å². The van der Waals surface area contributed by atoms with Gasteiger partial charge in [0, 0.05) is 18.4 Å². The van der Waals surface area contributed by atoms with Crippen LogP contribution >= 0.6 is 0 Å². The van der Waals surface area contributed by atoms with E-state index in [1.807, 2.05) is 19.2 Å². The fourth-order valence-electron chi connectivity index (χ4n) is 1.47. The molecule has 0 saturated carbocycles. The van der Waals surface area contributed by atoms with Gasteiger partial charge in [0.1, 0.15) is 5.65 Å². The monoisotopic (exact) mass is 175 g/mol. The van der Waals surface area contributed by atoms with Crippen LogP contribution in [0, 0.1) is 6.92 Å². The number of aryl methyl sites for hydroxylation is 1. The summed E-state index contributed by atoms with van der Waals surface area (Å²) in [6, 6.07) is 6.13. The quantitative estimate of drug-likeness (QED) is 0.746. The molecule has 2 aromatic rings. The summed E-state index contributed by atoms with van der Waals surface area (Å²) >= 11 is 0. The van der Waals surface area contributed by atoms with Crippen molar-refractivity contribution in [3.8, 4) is 0 Å². The number of imidazole rings is 1. The second-order valence-electron chi connectivity index (χ2n) is 3.16. The SMILES string of the molecule is CNCc1cn2c(C)cccc2n1. The maximum absolute atomic E-state index is 4.46. The van der Waals surface area contributed by atoms with Crippen molar-refractivity contribution in [1.82, 2.24) is 14.7 Å². The Hall–Kier alpha value is -1.35. The molecule has 3 nitrogen and oxygen atoms in total. The molecule has 0 aromatic carbocycles. The molecule has 2 heterocycles. The molecule has 1 N–H and O–H groups in total. The van der Waals surface area contributed by atoms with Gasteiger partial charge in [-0.3, -0.25) is 0 Å². The summed E-state index contributed by atoms with van der Waals surface area (Å²) in [4.78, 5) is 4.46. The van der Waals surface area contributed by atoms with E-state index in [0.717, 1.165) is 17.9 Å². The van der Waals surface area contributed by atoms with Crippen molar-refractivity contribution >= 4 is 5.65 Å². The molecular formula is C10H13N3. The van der Waals surface area contributed by atoms with Crippen molar-refractivity contribution in [2.45, 2.75) is 13.5 Å². The molecule has 0 fully saturated rings. The molecule has 13 heavy (non-hydrogen) atoms. The number of nitrogens with one attached hydrogen (secondary N) is 1. The van der Waals surface area contributed by atoms with Crippen LogP contribution in [0.3, 0.4) is 0 Å². The molecule has 0 aliphatic rings. The maximum Gasteiger partial charge on any atom is 0.137 e. The molecule has 0 atom stereocenters. The summed E-state index contributed by atoms with van der Waals surface area (Å²) in [5, 5.41) is 3.09. The summed E-state index contributed by atoms with van der Waals surface area (Å²) in [5.41, 5.74) is 3.31. The molecule has 0 saturated heterocycles. The lowest BCUT2D eigenvalue weighted by molar-refractivity contribution is 0.798. The minimum absolute atomic E-state index is 0.821. The van der Waals surface area contributed by atoms with Gasteiger partial charge < -0.3 is 9.72 Å². The van der Waals surface area contributed by atoms with Crippen LogP contribution in [0.2, 0.25) is 0 Å². The van der Waals surface area contributed by atoms with Crippen LogP contribution in [0.1, 0.15) is 11.4 Å². The first-order valence-electron chi connectivity index (χ1n) is 4.39. The molecule has 0 aliphatic heterocycles. The number of hydrogen-bond donors (Lipinski definition) is 1. The highest BCUT2D eigenvalue weighted by Gasteiger charge is 2.00. The fourth-order valence-corrected chi connectivity index (χ4v) is 1.47. The van der Waals surface area contributed by atoms with Crippen LogP contribution in [-0.4, -0.2) is 16.4 Å². The molecule has 0 aliphatic carbocycles. The first kappa shape index (κ1) is 8.26. The van der Waals surface area contributed by atoms with Gasteiger partial charge in [-0.15, -0.1) is 0 Å². The van der Waals surface area contributed by atoms with Gasteiger partial charge in [0.2, 0.25) is 0 Å². The van der Waals surface area contributed by atoms with Gasteiger partial charge in [-0.05, 0) is 26.1 Å². The zero-order chi connectivity index (χ0) is 9.26. The molecule has 0 radical (unpaired) electrons. The van der Waals surface area contributed by atoms with E-state index in [-0.39, 0.29) is 0 Å². The van der Waals surface area contributed by atoms with Gasteiger partial charge in [0.15, 0.2) is 0 Å². The van der Waals surface area contributed by atoms with Crippen LogP contribution in [0.4, 0.5) is 0 Å². The summed E-state index contributed by atoms with van der Waals surface area (Å²) in [6.07, 6.45) is 2.07. The molecule has 0 spiro atoms. The third kappa shape index (κ3) is 1.42. The fraction of sp³-hybridized carbons (Fsp3) is 0.300. The zero-order valence-electron chi connectivity index (χ0n) is 7.91. The van der Waals surface area contributed by atoms with Crippen molar-refractivity contribution in [1.29, 1.82) is 0 Å². The van der Waals surface area contributed by atoms with Crippen LogP contribution in [0.15, 0.2) is 24.4 Å². The van der Waals surface area contributed by atoms with E-state index in [9.17, 15) is 0 Å². The van der Waals surface area contributed by atoms with Crippen molar-refractivity contribution < 1.29 is 0 Å². The lowest BCUT2D eigenvalue weighted by atomic mass is 10.4. The minimum atomic E-state index is 0.821. The molecular weight excluding hydrogens is 162 g/mol. The number of nitrogens with zero attached hydrogens (tertiary/aromatic N) is 2. The van der Waals surface area contributed by atoms with Crippen molar-refractivity contribution in [3.63, 3.8) is 0 Å². The minimum Gasteiger partial charge on any atom is -0.314 e. The lowest BCUT2D eigenvalue weighted by Gasteiger charge is -1.95. The molecule has 2 rings (SSSR count). The third-order valence-corrected chi connectivity index (χ3v) is 2.10. The highest BCUT2D eigenvalue weighted by atomic mass is 15.0. The summed E-state index contributed by atoms with van der Waals surface area (Å²) in [7, 11) is 1.93. The standard InChI is InChI=1S/C10H13N3/c1-8-4-3-5-10-12-9(6-11-2)7-13(8)10/h3-5,7,11H,6H2,1-2H3. The topological polar surface area (TPSA) is 29.3 Å². The number of hydrogen-bond acceptors (Lipinski definition) is 2. The molecule has 0 amide bonds. The van der Waals surface area contributed by atoms with Crippen molar-refractivity contribution in [2.75, 3.05) is 7.05 Å². The Morgan fingerprint density at radius 2 is 2.31 bits per heavy atom. The van der Waals surface area contributed by atoms with E-state index in [2.05, 4.69) is 33.9 Å². The third-order valence-electron chi connectivity index (χ3n) is 2.10. The maximum atomic E-state index is 4.46. The van der Waals surface area contributed by atoms with Gasteiger partial charge in [-0.25, -0.2) is 4.98 Å². The molecule has 68 valence electrons. The van der Waals surface area contributed by atoms with Crippen molar-refractivity contribution in [2.24, 2.45) is 0 Å². The van der Waals surface area contributed by atoms with Crippen LogP contribution in [0.5, 0.6) is 0 Å². The Balaban J connectivity index is 2.55. The highest BCUT2D eigenvalue weighted by molar-refractivity contribution is 5.41. The van der Waals surface area contributed by atoms with E-state index in [0.29, 0.717) is 0 Å². The zero-order valence-corrected chi connectivity index (χ0v) is 7.91. The van der Waals surface area contributed by atoms with E-state index >= 15 is 0 Å². The molecule has 2 aromatic heterocycles. The van der Waals surface area contributed by atoms with E-state index < -0.39 is 0 Å². The Bertz CT molecular complexity index is 417. The smallest absolute Gasteiger partial charge is 0.137 e. The Morgan fingerprint density at radius 1 is 1.46 bits per heavy atom. The Kier molecular flexibility index (Phi) is 2.02. The van der Waals surface area contributed by atoms with Gasteiger partial charge in [0.05, 0.1) is 5.69 Å². The average Bonchev–Trinajstić information content (AvgIpc) is 2.49. The summed E-state index contributed by atoms with van der Waals surface area (Å²) in [6.45, 7) is 2.90. The number of fused-ring (bicyclic) bond motifs is 1. The normalized spacial score (nSPS) is 10.9. The van der Waals surface area contributed by atoms with Crippen LogP contribution in [0.25, 0.3) is 5.65 Å². The second kappa shape index (κ2) is 3.18. The number of pyridine rings is 1. The first-order valence-corrected chi connectivity index (χ1v) is 4.39. The lowest BCUT2D eigenvalue weighted by Crippen LogP contribution is -2.04. The average molecular weight is 175 g/mol. The molecule has 0 unspecified atom stereocenters. The molecule has 0 bridgehead atoms. The number of aromatic nitrogens is 2. The second-order valence-corrected chi connectivity index (χ2v) is 3.16. The summed E-state index contributed by atoms with van der Waals surface area (Å²) in [5.74, 6) is 0. The van der Waals surface area contributed by atoms with Gasteiger partial charge in [-0.1, -0.05) is 6.07 Å². The van der Waals surface area contributed by atoms with E-state index in [1.54, 1.807) is 0 Å². The largest absolute Gasteiger partial charge is 0.314 e. The van der Waals surface area contributed by atoms with E-state index in [4.69, 9.17) is 0 Å². The molecule has 3 heteroatoms. The van der Waals surface area contributed by atoms with Gasteiger partial charge in [-0.2, -0.15) is 0 Å². The predicted molar refractivity (Wildman–Crippen MR) is 52.7 cm³/mol. The van der Waals surface area contributed by atoms with Gasteiger partial charge >= 0.3 is 0 Å². The number of rotatable bonds is 2. The van der Waals surface area contributed by atoms with E-state index in [1.165, 1.54) is 5.69 Å². The Morgan fingerprint density at radius 3 is 3.00 bits per heavy atom. The predicted octanol–water partition coefficient (Wildman–Crippen LogP) is 1.36. The van der Waals surface area contributed by atoms with Crippen molar-refractivity contribution in [3.05, 3.63) is 35.8 Å². The van der Waals surface area contributed by atoms with Crippen LogP contribution < -0.4 is 5.32 Å². The summed E-state index contributed by atoms with van der Waals surface area (Å²) < 4.78 is 2.10.